The monoisotopic (exact) mass is 233 g/mol. The van der Waals surface area contributed by atoms with Crippen LogP contribution in [0.3, 0.4) is 0 Å². The lowest BCUT2D eigenvalue weighted by Gasteiger charge is -2.17. The molecule has 0 saturated carbocycles. The molecule has 0 aromatic carbocycles. The van der Waals surface area contributed by atoms with Crippen molar-refractivity contribution >= 4 is 11.6 Å². The molecule has 1 fully saturated rings. The Kier molecular flexibility index (Phi) is 3.61. The van der Waals surface area contributed by atoms with Crippen molar-refractivity contribution < 1.29 is 4.79 Å². The minimum atomic E-state index is -0.104. The molecule has 1 aliphatic rings. The van der Waals surface area contributed by atoms with Crippen LogP contribution < -0.4 is 10.2 Å². The summed E-state index contributed by atoms with van der Waals surface area (Å²) < 4.78 is 0. The SMILES string of the molecule is CC(C)NC(=O)c1ccc(N2CCCC2)cn1. The Balaban J connectivity index is 2.04. The van der Waals surface area contributed by atoms with Crippen LogP contribution in [0.2, 0.25) is 0 Å². The first-order chi connectivity index (χ1) is 8.16. The maximum absolute atomic E-state index is 11.7. The van der Waals surface area contributed by atoms with E-state index in [1.54, 1.807) is 12.3 Å². The van der Waals surface area contributed by atoms with Crippen molar-refractivity contribution in [3.63, 3.8) is 0 Å². The number of hydrogen-bond acceptors (Lipinski definition) is 3. The van der Waals surface area contributed by atoms with Crippen LogP contribution in [0.25, 0.3) is 0 Å². The molecule has 2 heterocycles. The molecule has 0 aliphatic carbocycles. The van der Waals surface area contributed by atoms with E-state index in [1.165, 1.54) is 12.8 Å². The number of rotatable bonds is 3. The fraction of sp³-hybridized carbons (Fsp3) is 0.538. The van der Waals surface area contributed by atoms with Crippen molar-refractivity contribution in [2.24, 2.45) is 0 Å². The molecule has 0 atom stereocenters. The highest BCUT2D eigenvalue weighted by Gasteiger charge is 2.14. The molecular formula is C13H19N3O. The lowest BCUT2D eigenvalue weighted by molar-refractivity contribution is 0.0938. The van der Waals surface area contributed by atoms with E-state index in [0.29, 0.717) is 5.69 Å². The Labute approximate surface area is 102 Å². The molecule has 1 N–H and O–H groups in total. The van der Waals surface area contributed by atoms with Gasteiger partial charge in [0.15, 0.2) is 0 Å². The average Bonchev–Trinajstić information content (AvgIpc) is 2.82. The predicted octanol–water partition coefficient (Wildman–Crippen LogP) is 1.82. The van der Waals surface area contributed by atoms with E-state index in [4.69, 9.17) is 0 Å². The van der Waals surface area contributed by atoms with Crippen LogP contribution in [-0.2, 0) is 0 Å². The second-order valence-electron chi connectivity index (χ2n) is 4.72. The molecule has 92 valence electrons. The number of hydrogen-bond donors (Lipinski definition) is 1. The first-order valence-corrected chi connectivity index (χ1v) is 6.18. The van der Waals surface area contributed by atoms with Crippen molar-refractivity contribution in [1.82, 2.24) is 10.3 Å². The van der Waals surface area contributed by atoms with Crippen LogP contribution in [-0.4, -0.2) is 30.0 Å². The lowest BCUT2D eigenvalue weighted by atomic mass is 10.3. The zero-order chi connectivity index (χ0) is 12.3. The maximum atomic E-state index is 11.7. The van der Waals surface area contributed by atoms with E-state index in [1.807, 2.05) is 19.9 Å². The number of amides is 1. The van der Waals surface area contributed by atoms with Crippen LogP contribution in [0.4, 0.5) is 5.69 Å². The Morgan fingerprint density at radius 1 is 1.35 bits per heavy atom. The van der Waals surface area contributed by atoms with Gasteiger partial charge in [0.1, 0.15) is 5.69 Å². The third-order valence-corrected chi connectivity index (χ3v) is 2.87. The number of nitrogens with zero attached hydrogens (tertiary/aromatic N) is 2. The van der Waals surface area contributed by atoms with Crippen LogP contribution in [0.5, 0.6) is 0 Å². The minimum Gasteiger partial charge on any atom is -0.370 e. The summed E-state index contributed by atoms with van der Waals surface area (Å²) in [7, 11) is 0. The summed E-state index contributed by atoms with van der Waals surface area (Å²) in [6.07, 6.45) is 4.28. The van der Waals surface area contributed by atoms with Crippen LogP contribution in [0, 0.1) is 0 Å². The highest BCUT2D eigenvalue weighted by molar-refractivity contribution is 5.92. The second-order valence-corrected chi connectivity index (χ2v) is 4.72. The molecule has 1 aromatic heterocycles. The summed E-state index contributed by atoms with van der Waals surface area (Å²) in [6, 6.07) is 3.92. The van der Waals surface area contributed by atoms with Gasteiger partial charge in [0, 0.05) is 19.1 Å². The van der Waals surface area contributed by atoms with Gasteiger partial charge in [-0.25, -0.2) is 4.98 Å². The lowest BCUT2D eigenvalue weighted by Crippen LogP contribution is -2.30. The van der Waals surface area contributed by atoms with Gasteiger partial charge in [0.25, 0.3) is 5.91 Å². The largest absolute Gasteiger partial charge is 0.370 e. The molecule has 0 bridgehead atoms. The van der Waals surface area contributed by atoms with E-state index in [2.05, 4.69) is 15.2 Å². The van der Waals surface area contributed by atoms with Crippen molar-refractivity contribution in [3.05, 3.63) is 24.0 Å². The van der Waals surface area contributed by atoms with Gasteiger partial charge in [0.2, 0.25) is 0 Å². The standard InChI is InChI=1S/C13H19N3O/c1-10(2)15-13(17)12-6-5-11(9-14-12)16-7-3-4-8-16/h5-6,9-10H,3-4,7-8H2,1-2H3,(H,15,17). The Hall–Kier alpha value is -1.58. The van der Waals surface area contributed by atoms with Gasteiger partial charge in [0.05, 0.1) is 11.9 Å². The van der Waals surface area contributed by atoms with Gasteiger partial charge < -0.3 is 10.2 Å². The van der Waals surface area contributed by atoms with Crippen LogP contribution in [0.15, 0.2) is 18.3 Å². The molecule has 0 spiro atoms. The van der Waals surface area contributed by atoms with Crippen molar-refractivity contribution in [2.45, 2.75) is 32.7 Å². The van der Waals surface area contributed by atoms with Gasteiger partial charge in [-0.3, -0.25) is 4.79 Å². The molecule has 4 nitrogen and oxygen atoms in total. The number of anilines is 1. The Morgan fingerprint density at radius 3 is 2.59 bits per heavy atom. The zero-order valence-corrected chi connectivity index (χ0v) is 10.4. The van der Waals surface area contributed by atoms with Crippen molar-refractivity contribution in [1.29, 1.82) is 0 Å². The summed E-state index contributed by atoms with van der Waals surface area (Å²) in [5, 5.41) is 2.83. The Bertz CT molecular complexity index is 380. The molecule has 1 aromatic rings. The molecule has 0 unspecified atom stereocenters. The molecule has 1 saturated heterocycles. The van der Waals surface area contributed by atoms with Crippen LogP contribution in [0.1, 0.15) is 37.2 Å². The van der Waals surface area contributed by atoms with E-state index >= 15 is 0 Å². The minimum absolute atomic E-state index is 0.104. The van der Waals surface area contributed by atoms with Gasteiger partial charge >= 0.3 is 0 Å². The zero-order valence-electron chi connectivity index (χ0n) is 10.4. The molecule has 0 radical (unpaired) electrons. The fourth-order valence-corrected chi connectivity index (χ4v) is 2.02. The van der Waals surface area contributed by atoms with Gasteiger partial charge in [-0.1, -0.05) is 0 Å². The number of carbonyl (C=O) groups is 1. The van der Waals surface area contributed by atoms with Crippen molar-refractivity contribution in [3.8, 4) is 0 Å². The fourth-order valence-electron chi connectivity index (χ4n) is 2.02. The average molecular weight is 233 g/mol. The smallest absolute Gasteiger partial charge is 0.270 e. The van der Waals surface area contributed by atoms with Crippen molar-refractivity contribution in [2.75, 3.05) is 18.0 Å². The molecule has 17 heavy (non-hydrogen) atoms. The topological polar surface area (TPSA) is 45.2 Å². The number of carbonyl (C=O) groups excluding carboxylic acids is 1. The second kappa shape index (κ2) is 5.17. The first kappa shape index (κ1) is 11.9. The summed E-state index contributed by atoms with van der Waals surface area (Å²) >= 11 is 0. The molecular weight excluding hydrogens is 214 g/mol. The summed E-state index contributed by atoms with van der Waals surface area (Å²) in [6.45, 7) is 6.07. The maximum Gasteiger partial charge on any atom is 0.270 e. The molecule has 2 rings (SSSR count). The van der Waals surface area contributed by atoms with Gasteiger partial charge in [-0.05, 0) is 38.8 Å². The van der Waals surface area contributed by atoms with Gasteiger partial charge in [-0.2, -0.15) is 0 Å². The number of nitrogens with one attached hydrogen (secondary N) is 1. The molecule has 4 heteroatoms. The number of pyridine rings is 1. The van der Waals surface area contributed by atoms with E-state index in [0.717, 1.165) is 18.8 Å². The quantitative estimate of drug-likeness (QED) is 0.866. The summed E-state index contributed by atoms with van der Waals surface area (Å²) in [4.78, 5) is 18.2. The van der Waals surface area contributed by atoms with Gasteiger partial charge in [-0.15, -0.1) is 0 Å². The number of aromatic nitrogens is 1. The summed E-state index contributed by atoms with van der Waals surface area (Å²) in [5.74, 6) is -0.104. The molecule has 1 amide bonds. The van der Waals surface area contributed by atoms with E-state index < -0.39 is 0 Å². The van der Waals surface area contributed by atoms with Crippen LogP contribution >= 0.6 is 0 Å². The normalized spacial score (nSPS) is 15.4. The highest BCUT2D eigenvalue weighted by atomic mass is 16.1. The third-order valence-electron chi connectivity index (χ3n) is 2.87. The molecule has 1 aliphatic heterocycles. The predicted molar refractivity (Wildman–Crippen MR) is 68.3 cm³/mol. The van der Waals surface area contributed by atoms with E-state index in [9.17, 15) is 4.79 Å². The Morgan fingerprint density at radius 2 is 2.06 bits per heavy atom. The summed E-state index contributed by atoms with van der Waals surface area (Å²) in [5.41, 5.74) is 1.60. The first-order valence-electron chi connectivity index (χ1n) is 6.18. The highest BCUT2D eigenvalue weighted by Crippen LogP contribution is 2.18. The van der Waals surface area contributed by atoms with E-state index in [-0.39, 0.29) is 11.9 Å². The third kappa shape index (κ3) is 2.96.